The highest BCUT2D eigenvalue weighted by molar-refractivity contribution is 14.0. The molecule has 0 saturated carbocycles. The Labute approximate surface area is 196 Å². The Balaban J connectivity index is 0.00000450. The summed E-state index contributed by atoms with van der Waals surface area (Å²) in [6.07, 6.45) is 0.506. The molecule has 0 aromatic heterocycles. The molecule has 0 saturated heterocycles. The van der Waals surface area contributed by atoms with E-state index in [0.717, 1.165) is 16.8 Å². The lowest BCUT2D eigenvalue weighted by molar-refractivity contribution is -0.116. The molecule has 0 heterocycles. The number of guanidine groups is 1. The Morgan fingerprint density at radius 2 is 1.80 bits per heavy atom. The van der Waals surface area contributed by atoms with Crippen molar-refractivity contribution >= 4 is 41.5 Å². The Bertz CT molecular complexity index is 797. The van der Waals surface area contributed by atoms with Crippen LogP contribution in [0.2, 0.25) is 0 Å². The molecule has 6 nitrogen and oxygen atoms in total. The molecule has 0 spiro atoms. The maximum Gasteiger partial charge on any atom is 0.224 e. The van der Waals surface area contributed by atoms with Crippen molar-refractivity contribution < 1.29 is 9.90 Å². The second kappa shape index (κ2) is 14.0. The topological polar surface area (TPSA) is 85.8 Å². The number of aliphatic hydroxyl groups is 1. The van der Waals surface area contributed by atoms with Gasteiger partial charge in [0, 0.05) is 38.2 Å². The summed E-state index contributed by atoms with van der Waals surface area (Å²) in [6, 6.07) is 17.7. The summed E-state index contributed by atoms with van der Waals surface area (Å²) in [5, 5.41) is 19.2. The highest BCUT2D eigenvalue weighted by atomic mass is 127. The van der Waals surface area contributed by atoms with Crippen molar-refractivity contribution in [2.75, 3.05) is 25.5 Å². The summed E-state index contributed by atoms with van der Waals surface area (Å²) >= 11 is 0. The maximum atomic E-state index is 12.0. The minimum atomic E-state index is -0.00533. The van der Waals surface area contributed by atoms with Gasteiger partial charge in [0.15, 0.2) is 5.96 Å². The molecule has 164 valence electrons. The lowest BCUT2D eigenvalue weighted by Crippen LogP contribution is -2.39. The third-order valence-corrected chi connectivity index (χ3v) is 4.50. The average Bonchev–Trinajstić information content (AvgIpc) is 2.71. The zero-order valence-corrected chi connectivity index (χ0v) is 20.2. The largest absolute Gasteiger partial charge is 0.396 e. The highest BCUT2D eigenvalue weighted by Crippen LogP contribution is 2.14. The molecular weight excluding hydrogens is 491 g/mol. The van der Waals surface area contributed by atoms with E-state index in [0.29, 0.717) is 31.4 Å². The molecule has 0 fully saturated rings. The highest BCUT2D eigenvalue weighted by Gasteiger charge is 2.11. The number of carbonyl (C=O) groups excluding carboxylic acids is 1. The van der Waals surface area contributed by atoms with Crippen LogP contribution in [0.1, 0.15) is 37.3 Å². The van der Waals surface area contributed by atoms with Crippen molar-refractivity contribution in [2.24, 2.45) is 10.9 Å². The van der Waals surface area contributed by atoms with Crippen LogP contribution in [-0.4, -0.2) is 37.2 Å². The van der Waals surface area contributed by atoms with Crippen molar-refractivity contribution in [3.05, 3.63) is 65.7 Å². The van der Waals surface area contributed by atoms with Gasteiger partial charge in [-0.3, -0.25) is 9.79 Å². The predicted molar refractivity (Wildman–Crippen MR) is 134 cm³/mol. The fraction of sp³-hybridized carbons (Fsp3) is 0.391. The summed E-state index contributed by atoms with van der Waals surface area (Å²) in [6.45, 7) is 5.26. The molecule has 1 atom stereocenters. The van der Waals surface area contributed by atoms with E-state index in [2.05, 4.69) is 20.9 Å². The van der Waals surface area contributed by atoms with Gasteiger partial charge >= 0.3 is 0 Å². The Morgan fingerprint density at radius 3 is 2.43 bits per heavy atom. The van der Waals surface area contributed by atoms with Crippen LogP contribution in [0.4, 0.5) is 5.69 Å². The van der Waals surface area contributed by atoms with Crippen molar-refractivity contribution in [1.82, 2.24) is 10.6 Å². The number of aliphatic hydroxyl groups excluding tert-OH is 1. The maximum absolute atomic E-state index is 12.0. The molecule has 1 unspecified atom stereocenters. The number of anilines is 1. The van der Waals surface area contributed by atoms with Gasteiger partial charge in [0.2, 0.25) is 5.91 Å². The number of benzene rings is 2. The van der Waals surface area contributed by atoms with Crippen LogP contribution in [0.3, 0.4) is 0 Å². The van der Waals surface area contributed by atoms with E-state index >= 15 is 0 Å². The van der Waals surface area contributed by atoms with Gasteiger partial charge in [-0.1, -0.05) is 56.3 Å². The van der Waals surface area contributed by atoms with E-state index in [9.17, 15) is 9.90 Å². The van der Waals surface area contributed by atoms with E-state index in [1.54, 1.807) is 7.05 Å². The van der Waals surface area contributed by atoms with Crippen molar-refractivity contribution in [3.63, 3.8) is 0 Å². The molecule has 0 aliphatic rings. The molecule has 4 N–H and O–H groups in total. The summed E-state index contributed by atoms with van der Waals surface area (Å²) in [4.78, 5) is 16.2. The van der Waals surface area contributed by atoms with Gasteiger partial charge in [-0.15, -0.1) is 24.0 Å². The van der Waals surface area contributed by atoms with Crippen molar-refractivity contribution in [3.8, 4) is 0 Å². The summed E-state index contributed by atoms with van der Waals surface area (Å²) in [7, 11) is 1.72. The van der Waals surface area contributed by atoms with Gasteiger partial charge in [-0.05, 0) is 29.2 Å². The number of amides is 1. The van der Waals surface area contributed by atoms with Crippen LogP contribution >= 0.6 is 24.0 Å². The molecule has 0 aliphatic carbocycles. The number of halogens is 1. The fourth-order valence-electron chi connectivity index (χ4n) is 2.98. The predicted octanol–water partition coefficient (Wildman–Crippen LogP) is 3.73. The molecule has 2 rings (SSSR count). The Kier molecular flexibility index (Phi) is 12.1. The summed E-state index contributed by atoms with van der Waals surface area (Å²) in [5.74, 6) is 1.01. The minimum Gasteiger partial charge on any atom is -0.396 e. The number of carbonyl (C=O) groups is 1. The molecule has 0 bridgehead atoms. The van der Waals surface area contributed by atoms with E-state index < -0.39 is 0 Å². The SMILES string of the molecule is CN=C(NCc1cccc(NC(=O)CC(C)C)c1)NCC(CO)c1ccccc1.I. The Hall–Kier alpha value is -2.13. The zero-order chi connectivity index (χ0) is 21.1. The monoisotopic (exact) mass is 524 g/mol. The van der Waals surface area contributed by atoms with Crippen LogP contribution in [0, 0.1) is 5.92 Å². The average molecular weight is 524 g/mol. The number of hydrogen-bond donors (Lipinski definition) is 4. The second-order valence-electron chi connectivity index (χ2n) is 7.44. The zero-order valence-electron chi connectivity index (χ0n) is 17.9. The third-order valence-electron chi connectivity index (χ3n) is 4.50. The van der Waals surface area contributed by atoms with Gasteiger partial charge in [0.25, 0.3) is 0 Å². The third kappa shape index (κ3) is 9.13. The quantitative estimate of drug-likeness (QED) is 0.229. The molecule has 0 aliphatic heterocycles. The standard InChI is InChI=1S/C23H32N4O2.HI/c1-17(2)12-22(29)27-21-11-7-8-18(13-21)14-25-23(24-3)26-15-20(16-28)19-9-5-4-6-10-19;/h4-11,13,17,20,28H,12,14-16H2,1-3H3,(H,27,29)(H2,24,25,26);1H. The normalized spacial score (nSPS) is 12.1. The van der Waals surface area contributed by atoms with E-state index in [-0.39, 0.29) is 42.4 Å². The van der Waals surface area contributed by atoms with Crippen LogP contribution in [0.25, 0.3) is 0 Å². The molecule has 0 radical (unpaired) electrons. The summed E-state index contributed by atoms with van der Waals surface area (Å²) in [5.41, 5.74) is 2.92. The minimum absolute atomic E-state index is 0. The molecule has 30 heavy (non-hydrogen) atoms. The molecular formula is C23H33IN4O2. The van der Waals surface area contributed by atoms with E-state index in [1.165, 1.54) is 0 Å². The first-order valence-corrected chi connectivity index (χ1v) is 10.0. The molecule has 2 aromatic carbocycles. The van der Waals surface area contributed by atoms with Crippen LogP contribution in [-0.2, 0) is 11.3 Å². The van der Waals surface area contributed by atoms with Gasteiger partial charge < -0.3 is 21.1 Å². The Morgan fingerprint density at radius 1 is 1.07 bits per heavy atom. The van der Waals surface area contributed by atoms with E-state index in [4.69, 9.17) is 0 Å². The number of hydrogen-bond acceptors (Lipinski definition) is 3. The number of rotatable bonds is 9. The first-order chi connectivity index (χ1) is 14.0. The van der Waals surface area contributed by atoms with Crippen molar-refractivity contribution in [2.45, 2.75) is 32.7 Å². The number of nitrogens with one attached hydrogen (secondary N) is 3. The summed E-state index contributed by atoms with van der Waals surface area (Å²) < 4.78 is 0. The van der Waals surface area contributed by atoms with Crippen molar-refractivity contribution in [1.29, 1.82) is 0 Å². The van der Waals surface area contributed by atoms with Gasteiger partial charge in [-0.2, -0.15) is 0 Å². The van der Waals surface area contributed by atoms with Gasteiger partial charge in [0.05, 0.1) is 6.61 Å². The van der Waals surface area contributed by atoms with Crippen LogP contribution < -0.4 is 16.0 Å². The lowest BCUT2D eigenvalue weighted by atomic mass is 10.0. The smallest absolute Gasteiger partial charge is 0.224 e. The van der Waals surface area contributed by atoms with E-state index in [1.807, 2.05) is 68.4 Å². The van der Waals surface area contributed by atoms with Gasteiger partial charge in [-0.25, -0.2) is 0 Å². The molecule has 1 amide bonds. The fourth-order valence-corrected chi connectivity index (χ4v) is 2.98. The van der Waals surface area contributed by atoms with Crippen LogP contribution in [0.5, 0.6) is 0 Å². The first-order valence-electron chi connectivity index (χ1n) is 10.0. The number of nitrogens with zero attached hydrogens (tertiary/aromatic N) is 1. The molecule has 7 heteroatoms. The first kappa shape index (κ1) is 25.9. The lowest BCUT2D eigenvalue weighted by Gasteiger charge is -2.18. The molecule has 2 aromatic rings. The second-order valence-corrected chi connectivity index (χ2v) is 7.44. The van der Waals surface area contributed by atoms with Crippen LogP contribution in [0.15, 0.2) is 59.6 Å². The number of aliphatic imine (C=N–C) groups is 1. The van der Waals surface area contributed by atoms with Gasteiger partial charge in [0.1, 0.15) is 0 Å².